The lowest BCUT2D eigenvalue weighted by molar-refractivity contribution is -0.128. The number of amides is 3. The zero-order valence-corrected chi connectivity index (χ0v) is 16.0. The molecule has 2 aromatic rings. The van der Waals surface area contributed by atoms with E-state index in [1.54, 1.807) is 0 Å². The number of carbonyl (C=O) groups excluding carboxylic acids is 3. The van der Waals surface area contributed by atoms with Crippen LogP contribution in [0.25, 0.3) is 0 Å². The van der Waals surface area contributed by atoms with Crippen molar-refractivity contribution in [3.05, 3.63) is 52.0 Å². The maximum atomic E-state index is 13.9. The lowest BCUT2D eigenvalue weighted by Crippen LogP contribution is -2.68. The second-order valence-corrected chi connectivity index (χ2v) is 7.38. The number of hydrogen-bond acceptors (Lipinski definition) is 4. The smallest absolute Gasteiger partial charge is 0.271 e. The summed E-state index contributed by atoms with van der Waals surface area (Å²) in [7, 11) is 1.40. The molecule has 7 nitrogen and oxygen atoms in total. The average Bonchev–Trinajstić information content (AvgIpc) is 3.00. The van der Waals surface area contributed by atoms with Crippen molar-refractivity contribution in [2.24, 2.45) is 0 Å². The zero-order valence-electron chi connectivity index (χ0n) is 14.5. The van der Waals surface area contributed by atoms with Gasteiger partial charge in [-0.3, -0.25) is 24.3 Å². The molecule has 0 bridgehead atoms. The van der Waals surface area contributed by atoms with Crippen molar-refractivity contribution in [2.45, 2.75) is 18.5 Å². The number of rotatable bonds is 2. The first kappa shape index (κ1) is 18.6. The second kappa shape index (κ2) is 6.42. The summed E-state index contributed by atoms with van der Waals surface area (Å²) in [4.78, 5) is 45.1. The van der Waals surface area contributed by atoms with Crippen LogP contribution in [-0.2, 0) is 9.59 Å². The van der Waals surface area contributed by atoms with E-state index in [1.807, 2.05) is 0 Å². The van der Waals surface area contributed by atoms with Crippen LogP contribution >= 0.6 is 23.2 Å². The van der Waals surface area contributed by atoms with Crippen LogP contribution in [0, 0.1) is 5.82 Å². The van der Waals surface area contributed by atoms with Gasteiger partial charge in [-0.15, -0.1) is 0 Å². The van der Waals surface area contributed by atoms with Crippen molar-refractivity contribution in [1.82, 2.24) is 9.88 Å². The Labute approximate surface area is 169 Å². The third-order valence-corrected chi connectivity index (χ3v) is 5.50. The van der Waals surface area contributed by atoms with E-state index in [9.17, 15) is 18.8 Å². The molecule has 0 aliphatic carbocycles. The summed E-state index contributed by atoms with van der Waals surface area (Å²) in [5, 5.41) is 2.73. The van der Waals surface area contributed by atoms with E-state index >= 15 is 0 Å². The molecule has 2 aliphatic rings. The largest absolute Gasteiger partial charge is 0.321 e. The Hall–Kier alpha value is -2.71. The van der Waals surface area contributed by atoms with E-state index in [0.29, 0.717) is 10.7 Å². The molecule has 1 saturated heterocycles. The Morgan fingerprint density at radius 3 is 2.71 bits per heavy atom. The fraction of sp³-hybridized carbons (Fsp3) is 0.222. The first-order chi connectivity index (χ1) is 13.3. The van der Waals surface area contributed by atoms with Crippen LogP contribution in [0.15, 0.2) is 30.6 Å². The lowest BCUT2D eigenvalue weighted by Gasteiger charge is -2.47. The molecule has 0 spiro atoms. The van der Waals surface area contributed by atoms with Crippen molar-refractivity contribution in [2.75, 3.05) is 17.3 Å². The van der Waals surface area contributed by atoms with E-state index in [2.05, 4.69) is 10.3 Å². The number of aromatic nitrogens is 1. The maximum Gasteiger partial charge on any atom is 0.271 e. The number of carbonyl (C=O) groups is 3. The van der Waals surface area contributed by atoms with Gasteiger partial charge >= 0.3 is 0 Å². The minimum atomic E-state index is -1.61. The summed E-state index contributed by atoms with van der Waals surface area (Å²) >= 11 is 11.8. The van der Waals surface area contributed by atoms with Crippen molar-refractivity contribution in [3.8, 4) is 0 Å². The highest BCUT2D eigenvalue weighted by Gasteiger charge is 2.59. The van der Waals surface area contributed by atoms with Crippen LogP contribution in [0.5, 0.6) is 0 Å². The van der Waals surface area contributed by atoms with Gasteiger partial charge in [0.2, 0.25) is 11.6 Å². The SMILES string of the molecule is CN1C(=O)c2cc(F)c(Cl)cc2N2C(=O)CCC12C(=O)Nc1cncc(Cl)c1. The maximum absolute atomic E-state index is 13.9. The minimum Gasteiger partial charge on any atom is -0.321 e. The van der Waals surface area contributed by atoms with Crippen LogP contribution in [0.3, 0.4) is 0 Å². The molecule has 1 fully saturated rings. The number of anilines is 2. The highest BCUT2D eigenvalue weighted by atomic mass is 35.5. The fourth-order valence-electron chi connectivity index (χ4n) is 3.68. The number of fused-ring (bicyclic) bond motifs is 3. The van der Waals surface area contributed by atoms with Crippen molar-refractivity contribution >= 4 is 52.3 Å². The van der Waals surface area contributed by atoms with Crippen LogP contribution in [0.1, 0.15) is 23.2 Å². The number of pyridine rings is 1. The molecule has 3 amide bonds. The van der Waals surface area contributed by atoms with Gasteiger partial charge in [0.25, 0.3) is 11.8 Å². The zero-order chi connectivity index (χ0) is 20.2. The number of halogens is 3. The minimum absolute atomic E-state index is 0.0347. The van der Waals surface area contributed by atoms with Gasteiger partial charge in [0.05, 0.1) is 33.2 Å². The lowest BCUT2D eigenvalue weighted by atomic mass is 9.96. The molecule has 28 heavy (non-hydrogen) atoms. The molecule has 1 unspecified atom stereocenters. The Morgan fingerprint density at radius 1 is 1.25 bits per heavy atom. The van der Waals surface area contributed by atoms with E-state index in [4.69, 9.17) is 23.2 Å². The molecular weight excluding hydrogens is 410 g/mol. The summed E-state index contributed by atoms with van der Waals surface area (Å²) < 4.78 is 13.9. The highest BCUT2D eigenvalue weighted by Crippen LogP contribution is 2.45. The Morgan fingerprint density at radius 2 is 2.00 bits per heavy atom. The molecule has 4 rings (SSSR count). The van der Waals surface area contributed by atoms with Gasteiger partial charge < -0.3 is 10.2 Å². The quantitative estimate of drug-likeness (QED) is 0.805. The average molecular weight is 423 g/mol. The Bertz CT molecular complexity index is 1050. The van der Waals surface area contributed by atoms with Crippen molar-refractivity contribution in [1.29, 1.82) is 0 Å². The number of benzene rings is 1. The van der Waals surface area contributed by atoms with Gasteiger partial charge in [0.15, 0.2) is 0 Å². The molecule has 0 radical (unpaired) electrons. The van der Waals surface area contributed by atoms with E-state index in [1.165, 1.54) is 36.5 Å². The molecule has 1 aromatic heterocycles. The van der Waals surface area contributed by atoms with Gasteiger partial charge in [0, 0.05) is 26.1 Å². The molecule has 1 N–H and O–H groups in total. The second-order valence-electron chi connectivity index (χ2n) is 6.54. The van der Waals surface area contributed by atoms with E-state index in [0.717, 1.165) is 11.0 Å². The standard InChI is InChI=1S/C18H13Cl2FN4O3/c1-24-16(27)11-5-13(21)12(20)6-14(11)25-15(26)2-3-18(24,25)17(28)23-10-4-9(19)7-22-8-10/h4-8H,2-3H2,1H3,(H,23,28). The first-order valence-corrected chi connectivity index (χ1v) is 9.03. The molecule has 10 heteroatoms. The number of nitrogens with zero attached hydrogens (tertiary/aromatic N) is 3. The van der Waals surface area contributed by atoms with Gasteiger partial charge in [-0.1, -0.05) is 23.2 Å². The van der Waals surface area contributed by atoms with Crippen LogP contribution in [-0.4, -0.2) is 40.3 Å². The third-order valence-electron chi connectivity index (χ3n) is 5.00. The van der Waals surface area contributed by atoms with E-state index < -0.39 is 23.3 Å². The molecular formula is C18H13Cl2FN4O3. The van der Waals surface area contributed by atoms with Gasteiger partial charge in [0.1, 0.15) is 5.82 Å². The Kier molecular flexibility index (Phi) is 4.28. The van der Waals surface area contributed by atoms with Gasteiger partial charge in [-0.05, 0) is 18.2 Å². The summed E-state index contributed by atoms with van der Waals surface area (Å²) in [5.41, 5.74) is -1.22. The Balaban J connectivity index is 1.84. The highest BCUT2D eigenvalue weighted by molar-refractivity contribution is 6.32. The summed E-state index contributed by atoms with van der Waals surface area (Å²) in [5.74, 6) is -2.35. The first-order valence-electron chi connectivity index (χ1n) is 8.28. The van der Waals surface area contributed by atoms with Crippen molar-refractivity contribution in [3.63, 3.8) is 0 Å². The molecule has 3 heterocycles. The fourth-order valence-corrected chi connectivity index (χ4v) is 4.01. The number of likely N-dealkylation sites (N-methyl/N-ethyl adjacent to an activating group) is 1. The monoisotopic (exact) mass is 422 g/mol. The predicted molar refractivity (Wildman–Crippen MR) is 101 cm³/mol. The van der Waals surface area contributed by atoms with Crippen LogP contribution < -0.4 is 10.2 Å². The predicted octanol–water partition coefficient (Wildman–Crippen LogP) is 3.07. The summed E-state index contributed by atoms with van der Waals surface area (Å²) in [6.07, 6.45) is 2.91. The molecule has 1 atom stereocenters. The van der Waals surface area contributed by atoms with Gasteiger partial charge in [-0.25, -0.2) is 4.39 Å². The molecule has 2 aliphatic heterocycles. The van der Waals surface area contributed by atoms with Crippen LogP contribution in [0.2, 0.25) is 10.0 Å². The molecule has 0 saturated carbocycles. The normalized spacial score (nSPS) is 20.9. The third kappa shape index (κ3) is 2.56. The summed E-state index contributed by atoms with van der Waals surface area (Å²) in [6, 6.07) is 3.67. The topological polar surface area (TPSA) is 82.6 Å². The van der Waals surface area contributed by atoms with Gasteiger partial charge in [-0.2, -0.15) is 0 Å². The molecule has 1 aromatic carbocycles. The van der Waals surface area contributed by atoms with Crippen LogP contribution in [0.4, 0.5) is 15.8 Å². The number of hydrogen-bond donors (Lipinski definition) is 1. The number of nitrogens with one attached hydrogen (secondary N) is 1. The molecule has 144 valence electrons. The van der Waals surface area contributed by atoms with Crippen molar-refractivity contribution < 1.29 is 18.8 Å². The van der Waals surface area contributed by atoms with E-state index in [-0.39, 0.29) is 35.0 Å². The summed E-state index contributed by atoms with van der Waals surface area (Å²) in [6.45, 7) is 0.